The molecule has 0 aromatic rings. The molecule has 0 heterocycles. The van der Waals surface area contributed by atoms with Crippen LogP contribution in [0.1, 0.15) is 143 Å². The van der Waals surface area contributed by atoms with Crippen LogP contribution in [-0.2, 0) is 0 Å². The van der Waals surface area contributed by atoms with Gasteiger partial charge in [0.2, 0.25) is 0 Å². The molecule has 0 rings (SSSR count). The zero-order valence-corrected chi connectivity index (χ0v) is 23.0. The third-order valence-corrected chi connectivity index (χ3v) is 7.78. The van der Waals surface area contributed by atoms with E-state index in [1.807, 2.05) is 0 Å². The summed E-state index contributed by atoms with van der Waals surface area (Å²) in [7, 11) is 0. The van der Waals surface area contributed by atoms with E-state index in [-0.39, 0.29) is 6.10 Å². The molecule has 0 aliphatic rings. The van der Waals surface area contributed by atoms with Crippen LogP contribution in [0.15, 0.2) is 0 Å². The molecule has 0 bridgehead atoms. The quantitative estimate of drug-likeness (QED) is 0.118. The summed E-state index contributed by atoms with van der Waals surface area (Å²) in [6.45, 7) is 8.88. The highest BCUT2D eigenvalue weighted by Gasteiger charge is 2.12. The first-order valence-corrected chi connectivity index (χ1v) is 15.1. The van der Waals surface area contributed by atoms with Crippen molar-refractivity contribution in [1.82, 2.24) is 4.90 Å². The second-order valence-electron chi connectivity index (χ2n) is 9.31. The molecule has 0 aliphatic carbocycles. The lowest BCUT2D eigenvalue weighted by atomic mass is 10.0. The van der Waals surface area contributed by atoms with Gasteiger partial charge in [-0.25, -0.2) is 0 Å². The van der Waals surface area contributed by atoms with Gasteiger partial charge in [-0.2, -0.15) is 0 Å². The molecule has 0 fully saturated rings. The highest BCUT2D eigenvalue weighted by molar-refractivity contribution is 8.22. The molecule has 4 heteroatoms. The minimum Gasteiger partial charge on any atom is -0.392 e. The van der Waals surface area contributed by atoms with Crippen LogP contribution in [-0.4, -0.2) is 39.3 Å². The van der Waals surface area contributed by atoms with Crippen molar-refractivity contribution >= 4 is 28.3 Å². The van der Waals surface area contributed by atoms with E-state index in [2.05, 4.69) is 25.7 Å². The SMILES string of the molecule is CCCCCCCCCCCCCCCCC(O)CSC(=S)N(CCCC)CCCC. The zero-order chi connectivity index (χ0) is 23.0. The van der Waals surface area contributed by atoms with Crippen molar-refractivity contribution in [3.63, 3.8) is 0 Å². The van der Waals surface area contributed by atoms with Gasteiger partial charge in [0.05, 0.1) is 6.10 Å². The Morgan fingerprint density at radius 2 is 1.03 bits per heavy atom. The lowest BCUT2D eigenvalue weighted by molar-refractivity contribution is 0.185. The molecule has 0 radical (unpaired) electrons. The van der Waals surface area contributed by atoms with Crippen molar-refractivity contribution in [1.29, 1.82) is 0 Å². The lowest BCUT2D eigenvalue weighted by Crippen LogP contribution is -2.30. The summed E-state index contributed by atoms with van der Waals surface area (Å²) in [5, 5.41) is 10.3. The Hall–Kier alpha value is 0.200. The van der Waals surface area contributed by atoms with E-state index in [4.69, 9.17) is 12.2 Å². The lowest BCUT2D eigenvalue weighted by Gasteiger charge is -2.25. The second kappa shape index (κ2) is 24.8. The van der Waals surface area contributed by atoms with Gasteiger partial charge < -0.3 is 10.0 Å². The largest absolute Gasteiger partial charge is 0.392 e. The summed E-state index contributed by atoms with van der Waals surface area (Å²) in [6, 6.07) is 0. The van der Waals surface area contributed by atoms with Crippen molar-refractivity contribution in [2.24, 2.45) is 0 Å². The van der Waals surface area contributed by atoms with Crippen molar-refractivity contribution in [2.45, 2.75) is 149 Å². The topological polar surface area (TPSA) is 23.5 Å². The Balaban J connectivity index is 3.54. The Morgan fingerprint density at radius 3 is 1.45 bits per heavy atom. The maximum absolute atomic E-state index is 10.3. The van der Waals surface area contributed by atoms with Gasteiger partial charge in [0, 0.05) is 18.8 Å². The maximum Gasteiger partial charge on any atom is 0.136 e. The van der Waals surface area contributed by atoms with Crippen molar-refractivity contribution < 1.29 is 5.11 Å². The van der Waals surface area contributed by atoms with Gasteiger partial charge in [-0.15, -0.1) is 0 Å². The van der Waals surface area contributed by atoms with E-state index in [1.165, 1.54) is 109 Å². The standard InChI is InChI=1S/C27H55NOS2/c1-4-7-10-11-12-13-14-15-16-17-18-19-20-21-22-26(29)25-31-27(30)28(23-8-5-2)24-9-6-3/h26,29H,4-25H2,1-3H3. The van der Waals surface area contributed by atoms with E-state index in [1.54, 1.807) is 11.8 Å². The van der Waals surface area contributed by atoms with Gasteiger partial charge in [0.1, 0.15) is 4.32 Å². The molecule has 31 heavy (non-hydrogen) atoms. The van der Waals surface area contributed by atoms with E-state index >= 15 is 0 Å². The van der Waals surface area contributed by atoms with Gasteiger partial charge in [0.15, 0.2) is 0 Å². The fourth-order valence-corrected chi connectivity index (χ4v) is 5.16. The number of hydrogen-bond donors (Lipinski definition) is 1. The number of aliphatic hydroxyl groups excluding tert-OH is 1. The molecule has 1 N–H and O–H groups in total. The summed E-state index contributed by atoms with van der Waals surface area (Å²) in [6.07, 6.45) is 24.9. The Morgan fingerprint density at radius 1 is 0.645 bits per heavy atom. The average molecular weight is 474 g/mol. The Kier molecular flexibility index (Phi) is 25.0. The van der Waals surface area contributed by atoms with Crippen LogP contribution in [0, 0.1) is 0 Å². The van der Waals surface area contributed by atoms with Crippen LogP contribution in [0.5, 0.6) is 0 Å². The number of thiocarbonyl (C=S) groups is 1. The molecule has 0 aromatic carbocycles. The number of rotatable bonds is 23. The Bertz CT molecular complexity index is 370. The predicted molar refractivity (Wildman–Crippen MR) is 147 cm³/mol. The molecule has 0 amide bonds. The molecule has 0 aromatic heterocycles. The second-order valence-corrected chi connectivity index (χ2v) is 11.0. The normalized spacial score (nSPS) is 12.3. The smallest absolute Gasteiger partial charge is 0.136 e. The number of nitrogens with zero attached hydrogens (tertiary/aromatic N) is 1. The number of thioether (sulfide) groups is 1. The summed E-state index contributed by atoms with van der Waals surface area (Å²) in [5.74, 6) is 0.756. The molecule has 0 spiro atoms. The van der Waals surface area contributed by atoms with Gasteiger partial charge in [-0.1, -0.05) is 147 Å². The average Bonchev–Trinajstić information content (AvgIpc) is 2.77. The van der Waals surface area contributed by atoms with Gasteiger partial charge >= 0.3 is 0 Å². The summed E-state index contributed by atoms with van der Waals surface area (Å²) in [5.41, 5.74) is 0. The minimum absolute atomic E-state index is 0.209. The zero-order valence-electron chi connectivity index (χ0n) is 21.3. The molecule has 0 saturated carbocycles. The minimum atomic E-state index is -0.209. The maximum atomic E-state index is 10.3. The first-order valence-electron chi connectivity index (χ1n) is 13.7. The third-order valence-electron chi connectivity index (χ3n) is 6.11. The van der Waals surface area contributed by atoms with Crippen LogP contribution < -0.4 is 0 Å². The third kappa shape index (κ3) is 21.8. The predicted octanol–water partition coefficient (Wildman–Crippen LogP) is 9.14. The van der Waals surface area contributed by atoms with E-state index in [9.17, 15) is 5.11 Å². The highest BCUT2D eigenvalue weighted by Crippen LogP contribution is 2.17. The molecule has 2 nitrogen and oxygen atoms in total. The van der Waals surface area contributed by atoms with E-state index < -0.39 is 0 Å². The molecule has 186 valence electrons. The van der Waals surface area contributed by atoms with Gasteiger partial charge in [-0.3, -0.25) is 0 Å². The van der Waals surface area contributed by atoms with Crippen LogP contribution in [0.4, 0.5) is 0 Å². The van der Waals surface area contributed by atoms with Crippen molar-refractivity contribution in [3.8, 4) is 0 Å². The molecular formula is C27H55NOS2. The van der Waals surface area contributed by atoms with Crippen LogP contribution in [0.3, 0.4) is 0 Å². The summed E-state index contributed by atoms with van der Waals surface area (Å²) in [4.78, 5) is 2.35. The van der Waals surface area contributed by atoms with Gasteiger partial charge in [0.25, 0.3) is 0 Å². The number of unbranched alkanes of at least 4 members (excludes halogenated alkanes) is 15. The molecule has 1 atom stereocenters. The molecule has 0 aliphatic heterocycles. The number of hydrogen-bond acceptors (Lipinski definition) is 3. The van der Waals surface area contributed by atoms with Crippen LogP contribution in [0.25, 0.3) is 0 Å². The summed E-state index contributed by atoms with van der Waals surface area (Å²) >= 11 is 7.33. The monoisotopic (exact) mass is 473 g/mol. The fraction of sp³-hybridized carbons (Fsp3) is 0.963. The van der Waals surface area contributed by atoms with Crippen LogP contribution in [0.2, 0.25) is 0 Å². The summed E-state index contributed by atoms with van der Waals surface area (Å²) < 4.78 is 0.988. The fourth-order valence-electron chi connectivity index (χ4n) is 3.91. The van der Waals surface area contributed by atoms with Crippen molar-refractivity contribution in [2.75, 3.05) is 18.8 Å². The van der Waals surface area contributed by atoms with Crippen molar-refractivity contribution in [3.05, 3.63) is 0 Å². The highest BCUT2D eigenvalue weighted by atomic mass is 32.2. The Labute approximate surface area is 205 Å². The van der Waals surface area contributed by atoms with E-state index in [0.29, 0.717) is 0 Å². The van der Waals surface area contributed by atoms with Gasteiger partial charge in [-0.05, 0) is 19.3 Å². The first-order chi connectivity index (χ1) is 15.2. The number of aliphatic hydroxyl groups is 1. The van der Waals surface area contributed by atoms with Crippen LogP contribution >= 0.6 is 24.0 Å². The first kappa shape index (κ1) is 31.2. The van der Waals surface area contributed by atoms with E-state index in [0.717, 1.165) is 36.0 Å². The molecule has 0 saturated heterocycles. The molecule has 1 unspecified atom stereocenters. The molecular weight excluding hydrogens is 418 g/mol.